The van der Waals surface area contributed by atoms with Crippen LogP contribution < -0.4 is 5.32 Å². The van der Waals surface area contributed by atoms with Gasteiger partial charge in [0.15, 0.2) is 0 Å². The number of imidazole rings is 1. The maximum atomic E-state index is 14.0. The number of hydrogen-bond donors (Lipinski definition) is 2. The molecule has 0 saturated carbocycles. The van der Waals surface area contributed by atoms with Gasteiger partial charge in [0.05, 0.1) is 0 Å². The number of nitrogens with one attached hydrogen (secondary N) is 2. The molecule has 0 fully saturated rings. The van der Waals surface area contributed by atoms with Gasteiger partial charge in [-0.05, 0) is 31.5 Å². The van der Waals surface area contributed by atoms with Crippen molar-refractivity contribution in [3.8, 4) is 0 Å². The summed E-state index contributed by atoms with van der Waals surface area (Å²) in [6.07, 6.45) is 4.88. The fraction of sp³-hybridized carbons (Fsp3) is 0.400. The molecule has 0 saturated heterocycles. The maximum Gasteiger partial charge on any atom is 0.130 e. The summed E-state index contributed by atoms with van der Waals surface area (Å²) in [5, 5.41) is 3.29. The van der Waals surface area contributed by atoms with Crippen LogP contribution >= 0.6 is 0 Å². The fourth-order valence-electron chi connectivity index (χ4n) is 2.16. The molecule has 108 valence electrons. The highest BCUT2D eigenvalue weighted by atomic mass is 19.1. The number of benzene rings is 1. The summed E-state index contributed by atoms with van der Waals surface area (Å²) in [6.45, 7) is 4.45. The van der Waals surface area contributed by atoms with Crippen molar-refractivity contribution in [1.82, 2.24) is 15.3 Å². The van der Waals surface area contributed by atoms with Crippen molar-refractivity contribution in [2.75, 3.05) is 6.54 Å². The monoisotopic (exact) mass is 279 g/mol. The average molecular weight is 279 g/mol. The van der Waals surface area contributed by atoms with Gasteiger partial charge in [0.2, 0.25) is 0 Å². The molecule has 2 aromatic rings. The zero-order valence-corrected chi connectivity index (χ0v) is 11.7. The molecule has 2 rings (SSSR count). The summed E-state index contributed by atoms with van der Waals surface area (Å²) in [5.74, 6) is -0.258. The van der Waals surface area contributed by atoms with Crippen molar-refractivity contribution in [3.63, 3.8) is 0 Å². The van der Waals surface area contributed by atoms with E-state index >= 15 is 0 Å². The Balaban J connectivity index is 2.27. The molecule has 0 aliphatic carbocycles. The molecule has 0 aliphatic rings. The first kappa shape index (κ1) is 14.7. The molecule has 0 amide bonds. The van der Waals surface area contributed by atoms with Crippen LogP contribution in [-0.4, -0.2) is 16.5 Å². The Bertz CT molecular complexity index is 552. The molecule has 0 spiro atoms. The smallest absolute Gasteiger partial charge is 0.130 e. The number of nitrogens with zero attached hydrogens (tertiary/aromatic N) is 1. The summed E-state index contributed by atoms with van der Waals surface area (Å²) in [7, 11) is 0. The first-order valence-electron chi connectivity index (χ1n) is 6.79. The highest BCUT2D eigenvalue weighted by molar-refractivity contribution is 5.29. The Hall–Kier alpha value is -1.75. The molecule has 1 aromatic heterocycles. The van der Waals surface area contributed by atoms with Crippen LogP contribution in [0.3, 0.4) is 0 Å². The predicted octanol–water partition coefficient (Wildman–Crippen LogP) is 3.28. The van der Waals surface area contributed by atoms with Gasteiger partial charge in [0.1, 0.15) is 17.5 Å². The molecule has 0 bridgehead atoms. The van der Waals surface area contributed by atoms with Crippen LogP contribution in [0, 0.1) is 18.6 Å². The van der Waals surface area contributed by atoms with Gasteiger partial charge in [-0.25, -0.2) is 13.8 Å². The second kappa shape index (κ2) is 6.61. The first-order chi connectivity index (χ1) is 9.61. The molecule has 3 nitrogen and oxygen atoms in total. The van der Waals surface area contributed by atoms with E-state index in [4.69, 9.17) is 0 Å². The fourth-order valence-corrected chi connectivity index (χ4v) is 2.16. The minimum atomic E-state index is -0.520. The number of rotatable bonds is 6. The van der Waals surface area contributed by atoms with E-state index in [2.05, 4.69) is 15.3 Å². The van der Waals surface area contributed by atoms with E-state index in [1.54, 1.807) is 25.4 Å². The van der Waals surface area contributed by atoms with Crippen LogP contribution in [0.2, 0.25) is 0 Å². The van der Waals surface area contributed by atoms with Gasteiger partial charge in [0.25, 0.3) is 0 Å². The maximum absolute atomic E-state index is 14.0. The highest BCUT2D eigenvalue weighted by Crippen LogP contribution is 2.23. The van der Waals surface area contributed by atoms with Crippen molar-refractivity contribution in [1.29, 1.82) is 0 Å². The Morgan fingerprint density at radius 3 is 2.75 bits per heavy atom. The average Bonchev–Trinajstić information content (AvgIpc) is 2.92. The number of H-pyrrole nitrogens is 1. The third-order valence-electron chi connectivity index (χ3n) is 3.25. The summed E-state index contributed by atoms with van der Waals surface area (Å²) >= 11 is 0. The Morgan fingerprint density at radius 1 is 1.30 bits per heavy atom. The molecule has 0 radical (unpaired) electrons. The van der Waals surface area contributed by atoms with E-state index in [1.165, 1.54) is 0 Å². The zero-order valence-electron chi connectivity index (χ0n) is 11.7. The number of aryl methyl sites for hydroxylation is 1. The topological polar surface area (TPSA) is 40.7 Å². The molecule has 2 N–H and O–H groups in total. The zero-order chi connectivity index (χ0) is 14.5. The second-order valence-electron chi connectivity index (χ2n) is 4.87. The van der Waals surface area contributed by atoms with E-state index in [0.717, 1.165) is 24.9 Å². The molecular formula is C15H19F2N3. The van der Waals surface area contributed by atoms with Crippen LogP contribution in [0.5, 0.6) is 0 Å². The van der Waals surface area contributed by atoms with Crippen LogP contribution in [0.15, 0.2) is 24.5 Å². The van der Waals surface area contributed by atoms with Gasteiger partial charge in [-0.15, -0.1) is 0 Å². The van der Waals surface area contributed by atoms with Gasteiger partial charge in [-0.2, -0.15) is 0 Å². The number of halogens is 2. The molecule has 5 heteroatoms. The van der Waals surface area contributed by atoms with Gasteiger partial charge >= 0.3 is 0 Å². The Morgan fingerprint density at radius 2 is 2.10 bits per heavy atom. The molecule has 20 heavy (non-hydrogen) atoms. The standard InChI is InChI=1S/C15H19F2N3/c1-3-4-18-14(9-15-19-5-6-20-15)11-7-10(2)12(16)8-13(11)17/h5-8,14,18H,3-4,9H2,1-2H3,(H,19,20). The Labute approximate surface area is 117 Å². The van der Waals surface area contributed by atoms with Crippen LogP contribution in [0.4, 0.5) is 8.78 Å². The minimum Gasteiger partial charge on any atom is -0.349 e. The molecule has 1 aromatic carbocycles. The van der Waals surface area contributed by atoms with Crippen LogP contribution in [-0.2, 0) is 6.42 Å². The van der Waals surface area contributed by atoms with Gasteiger partial charge < -0.3 is 10.3 Å². The van der Waals surface area contributed by atoms with E-state index in [0.29, 0.717) is 17.5 Å². The van der Waals surface area contributed by atoms with Crippen molar-refractivity contribution >= 4 is 0 Å². The highest BCUT2D eigenvalue weighted by Gasteiger charge is 2.18. The molecular weight excluding hydrogens is 260 g/mol. The lowest BCUT2D eigenvalue weighted by Crippen LogP contribution is -2.25. The third kappa shape index (κ3) is 3.42. The molecule has 1 atom stereocenters. The van der Waals surface area contributed by atoms with Gasteiger partial charge in [0, 0.05) is 36.5 Å². The summed E-state index contributed by atoms with van der Waals surface area (Å²) in [5.41, 5.74) is 0.929. The molecule has 1 unspecified atom stereocenters. The van der Waals surface area contributed by atoms with Crippen molar-refractivity contribution in [3.05, 3.63) is 53.1 Å². The summed E-state index contributed by atoms with van der Waals surface area (Å²) in [4.78, 5) is 7.18. The van der Waals surface area contributed by atoms with E-state index in [1.807, 2.05) is 6.92 Å². The predicted molar refractivity (Wildman–Crippen MR) is 74.4 cm³/mol. The van der Waals surface area contributed by atoms with E-state index in [9.17, 15) is 8.78 Å². The van der Waals surface area contributed by atoms with E-state index < -0.39 is 11.6 Å². The summed E-state index contributed by atoms with van der Waals surface area (Å²) < 4.78 is 27.4. The van der Waals surface area contributed by atoms with Crippen molar-refractivity contribution in [2.24, 2.45) is 0 Å². The minimum absolute atomic E-state index is 0.222. The largest absolute Gasteiger partial charge is 0.349 e. The number of aromatic nitrogens is 2. The normalized spacial score (nSPS) is 12.6. The van der Waals surface area contributed by atoms with Crippen LogP contribution in [0.1, 0.15) is 36.3 Å². The third-order valence-corrected chi connectivity index (χ3v) is 3.25. The summed E-state index contributed by atoms with van der Waals surface area (Å²) in [6, 6.07) is 2.30. The van der Waals surface area contributed by atoms with Crippen molar-refractivity contribution in [2.45, 2.75) is 32.7 Å². The Kier molecular flexibility index (Phi) is 4.84. The lowest BCUT2D eigenvalue weighted by molar-refractivity contribution is 0.484. The molecule has 0 aliphatic heterocycles. The number of aromatic amines is 1. The van der Waals surface area contributed by atoms with Crippen LogP contribution in [0.25, 0.3) is 0 Å². The second-order valence-corrected chi connectivity index (χ2v) is 4.87. The number of hydrogen-bond acceptors (Lipinski definition) is 2. The SMILES string of the molecule is CCCNC(Cc1ncc[nH]1)c1cc(C)c(F)cc1F. The van der Waals surface area contributed by atoms with E-state index in [-0.39, 0.29) is 6.04 Å². The lowest BCUT2D eigenvalue weighted by Gasteiger charge is -2.19. The van der Waals surface area contributed by atoms with Crippen molar-refractivity contribution < 1.29 is 8.78 Å². The quantitative estimate of drug-likeness (QED) is 0.852. The lowest BCUT2D eigenvalue weighted by atomic mass is 10.00. The molecule has 1 heterocycles. The first-order valence-corrected chi connectivity index (χ1v) is 6.79. The van der Waals surface area contributed by atoms with Gasteiger partial charge in [-0.3, -0.25) is 0 Å². The van der Waals surface area contributed by atoms with Gasteiger partial charge in [-0.1, -0.05) is 6.92 Å².